The molecule has 0 aromatic rings. The zero-order valence-electron chi connectivity index (χ0n) is 50.1. The summed E-state index contributed by atoms with van der Waals surface area (Å²) >= 11 is 0. The minimum Gasteiger partial charge on any atom is -0.460 e. The number of Topliss-reactive ketones (excluding diaryl/α,β-unsaturated/α-hetero) is 3. The third-order valence-corrected chi connectivity index (χ3v) is 17.0. The molecule has 3 fully saturated rings. The van der Waals surface area contributed by atoms with Crippen LogP contribution in [0.2, 0.25) is 0 Å². The van der Waals surface area contributed by atoms with Crippen molar-refractivity contribution < 1.29 is 77.6 Å². The van der Waals surface area contributed by atoms with Gasteiger partial charge in [-0.1, -0.05) is 71.1 Å². The fourth-order valence-corrected chi connectivity index (χ4v) is 11.7. The number of hydrogen-bond donors (Lipinski definition) is 4. The number of esters is 1. The van der Waals surface area contributed by atoms with Gasteiger partial charge >= 0.3 is 5.97 Å². The Balaban J connectivity index is 1.74. The first-order chi connectivity index (χ1) is 37.2. The van der Waals surface area contributed by atoms with E-state index in [0.717, 1.165) is 12.0 Å². The molecule has 450 valence electrons. The number of nitrogens with zero attached hydrogens (tertiary/aromatic N) is 1. The van der Waals surface area contributed by atoms with Crippen LogP contribution in [0.3, 0.4) is 0 Å². The van der Waals surface area contributed by atoms with Crippen LogP contribution in [0, 0.1) is 35.5 Å². The molecule has 1 unspecified atom stereocenters. The molecule has 4 rings (SSSR count). The van der Waals surface area contributed by atoms with Crippen LogP contribution in [0.1, 0.15) is 166 Å². The number of piperidine rings is 1. The van der Waals surface area contributed by atoms with Crippen LogP contribution in [0.25, 0.3) is 0 Å². The lowest BCUT2D eigenvalue weighted by Crippen LogP contribution is -2.61. The summed E-state index contributed by atoms with van der Waals surface area (Å²) in [6, 6.07) is -1.18. The predicted molar refractivity (Wildman–Crippen MR) is 300 cm³/mol. The lowest BCUT2D eigenvalue weighted by atomic mass is 9.78. The molecular weight excluding hydrogens is 1010 g/mol. The van der Waals surface area contributed by atoms with Gasteiger partial charge in [-0.3, -0.25) is 19.2 Å². The smallest absolute Gasteiger partial charge is 0.329 e. The highest BCUT2D eigenvalue weighted by Gasteiger charge is 2.53. The second kappa shape index (κ2) is 31.8. The third kappa shape index (κ3) is 20.1. The topological polar surface area (TPSA) is 234 Å². The summed E-state index contributed by atoms with van der Waals surface area (Å²) in [6.45, 7) is 21.0. The quantitative estimate of drug-likeness (QED) is 0.0653. The van der Waals surface area contributed by atoms with Crippen molar-refractivity contribution in [1.29, 1.82) is 0 Å². The number of methoxy groups -OCH3 is 2. The number of aliphatic hydroxyl groups is 4. The highest BCUT2D eigenvalue weighted by atomic mass is 16.6. The maximum atomic E-state index is 14.7. The van der Waals surface area contributed by atoms with E-state index >= 15 is 0 Å². The second-order valence-electron chi connectivity index (χ2n) is 24.6. The van der Waals surface area contributed by atoms with Gasteiger partial charge in [0.2, 0.25) is 5.79 Å². The summed E-state index contributed by atoms with van der Waals surface area (Å²) in [5.74, 6) is -8.32. The maximum absolute atomic E-state index is 14.7. The number of ether oxygens (including phenoxy) is 7. The fourth-order valence-electron chi connectivity index (χ4n) is 11.7. The Kier molecular flexibility index (Phi) is 27.4. The van der Waals surface area contributed by atoms with E-state index in [2.05, 4.69) is 0 Å². The van der Waals surface area contributed by atoms with Crippen molar-refractivity contribution >= 4 is 29.2 Å². The van der Waals surface area contributed by atoms with Gasteiger partial charge in [-0.2, -0.15) is 0 Å². The number of hydrogen-bond acceptors (Lipinski definition) is 16. The van der Waals surface area contributed by atoms with Crippen LogP contribution < -0.4 is 0 Å². The average Bonchev–Trinajstić information content (AvgIpc) is 3.45. The molecule has 0 radical (unpaired) electrons. The largest absolute Gasteiger partial charge is 0.460 e. The molecular formula is C62H101NO16. The number of allylic oxidation sites excluding steroid dienone is 6. The monoisotopic (exact) mass is 1120 g/mol. The summed E-state index contributed by atoms with van der Waals surface area (Å²) in [5, 5.41) is 42.9. The van der Waals surface area contributed by atoms with E-state index in [4.69, 9.17) is 33.2 Å². The van der Waals surface area contributed by atoms with Crippen LogP contribution in [0.5, 0.6) is 0 Å². The number of aliphatic hydroxyl groups excluding tert-OH is 3. The number of rotatable bonds is 16. The van der Waals surface area contributed by atoms with E-state index < -0.39 is 89.0 Å². The van der Waals surface area contributed by atoms with Gasteiger partial charge < -0.3 is 58.5 Å². The van der Waals surface area contributed by atoms with Crippen LogP contribution in [0.4, 0.5) is 0 Å². The molecule has 2 saturated heterocycles. The minimum atomic E-state index is -2.51. The molecule has 17 nitrogen and oxygen atoms in total. The molecule has 1 saturated carbocycles. The summed E-state index contributed by atoms with van der Waals surface area (Å²) < 4.78 is 43.1. The third-order valence-electron chi connectivity index (χ3n) is 17.0. The Hall–Kier alpha value is -3.49. The summed E-state index contributed by atoms with van der Waals surface area (Å²) in [5.41, 5.74) is -0.0459. The first kappa shape index (κ1) is 68.0. The number of carbonyl (C=O) groups excluding carboxylic acids is 5. The van der Waals surface area contributed by atoms with Crippen molar-refractivity contribution in [3.63, 3.8) is 0 Å². The van der Waals surface area contributed by atoms with Crippen molar-refractivity contribution in [2.45, 2.75) is 232 Å². The van der Waals surface area contributed by atoms with Crippen LogP contribution >= 0.6 is 0 Å². The van der Waals surface area contributed by atoms with Gasteiger partial charge in [-0.05, 0) is 147 Å². The molecule has 79 heavy (non-hydrogen) atoms. The molecule has 1 amide bonds. The maximum Gasteiger partial charge on any atom is 0.329 e. The highest BCUT2D eigenvalue weighted by Crippen LogP contribution is 2.39. The molecule has 0 spiro atoms. The van der Waals surface area contributed by atoms with Crippen LogP contribution in [-0.2, 0) is 57.1 Å². The van der Waals surface area contributed by atoms with E-state index in [0.29, 0.717) is 76.4 Å². The number of carbonyl (C=O) groups is 5. The minimum absolute atomic E-state index is 0.00568. The Labute approximate surface area is 472 Å². The van der Waals surface area contributed by atoms with Gasteiger partial charge in [-0.25, -0.2) is 4.79 Å². The normalized spacial score (nSPS) is 35.8. The van der Waals surface area contributed by atoms with E-state index in [1.54, 1.807) is 34.0 Å². The fraction of sp³-hybridized carbons (Fsp3) is 0.790. The summed E-state index contributed by atoms with van der Waals surface area (Å²) in [4.78, 5) is 73.3. The van der Waals surface area contributed by atoms with Crippen molar-refractivity contribution in [3.8, 4) is 0 Å². The van der Waals surface area contributed by atoms with Crippen molar-refractivity contribution in [2.75, 3.05) is 47.2 Å². The highest BCUT2D eigenvalue weighted by molar-refractivity contribution is 6.39. The van der Waals surface area contributed by atoms with E-state index in [9.17, 15) is 44.4 Å². The van der Waals surface area contributed by atoms with Crippen LogP contribution in [0.15, 0.2) is 47.6 Å². The van der Waals surface area contributed by atoms with Gasteiger partial charge in [0.25, 0.3) is 11.7 Å². The molecule has 1 aliphatic carbocycles. The molecule has 17 heteroatoms. The van der Waals surface area contributed by atoms with Crippen molar-refractivity contribution in [1.82, 2.24) is 4.90 Å². The predicted octanol–water partition coefficient (Wildman–Crippen LogP) is 7.91. The second-order valence-corrected chi connectivity index (χ2v) is 24.6. The first-order valence-corrected chi connectivity index (χ1v) is 29.3. The standard InChI is InChI=1S/C62H101NO16/c1-39-19-15-14-16-20-40(2)52(79-61(10,11)27-31-76-60(8,9)26-29-64)37-47-24-22-45(7)62(72,78-47)57(69)58(70)63-28-18-17-21-48(63)59(71)77-51(42(4)35-46-23-25-50(75-32-30-65)53(36-46)73-12)38-49(66)41(3)34-44(6)55(68)56(74-13)54(67)43(5)33-39/h14-16,19-20,34,39,41-43,45-48,50-53,55-56,64-65,68,72H,17-18,21-33,35-38H2,1-13H3/b16-14+,19-15+,40-20+,44-34+/t39-,41-,42-,43-,45-,46+,47+,48+,50-,51+,52?,53-,55-,56+,62-/m1/s1. The van der Waals surface area contributed by atoms with E-state index in [1.807, 2.05) is 85.8 Å². The van der Waals surface area contributed by atoms with Gasteiger partial charge in [0, 0.05) is 58.0 Å². The molecule has 4 N–H and O–H groups in total. The summed E-state index contributed by atoms with van der Waals surface area (Å²) in [7, 11) is 3.00. The number of ketones is 3. The summed E-state index contributed by atoms with van der Waals surface area (Å²) in [6.07, 6.45) is 12.3. The molecule has 2 bridgehead atoms. The molecule has 0 aromatic heterocycles. The van der Waals surface area contributed by atoms with Gasteiger partial charge in [-0.15, -0.1) is 0 Å². The van der Waals surface area contributed by atoms with Gasteiger partial charge in [0.1, 0.15) is 30.1 Å². The Morgan fingerprint density at radius 3 is 2.20 bits per heavy atom. The Bertz CT molecular complexity index is 2100. The first-order valence-electron chi connectivity index (χ1n) is 29.3. The van der Waals surface area contributed by atoms with Gasteiger partial charge in [0.05, 0.1) is 55.4 Å². The lowest BCUT2D eigenvalue weighted by molar-refractivity contribution is -0.267. The average molecular weight is 1120 g/mol. The van der Waals surface area contributed by atoms with Crippen molar-refractivity contribution in [2.24, 2.45) is 35.5 Å². The Morgan fingerprint density at radius 1 is 0.810 bits per heavy atom. The molecule has 15 atom stereocenters. The van der Waals surface area contributed by atoms with Crippen molar-refractivity contribution in [3.05, 3.63) is 47.6 Å². The Morgan fingerprint density at radius 2 is 1.53 bits per heavy atom. The lowest BCUT2D eigenvalue weighted by Gasteiger charge is -2.43. The number of amides is 1. The van der Waals surface area contributed by atoms with Crippen LogP contribution in [-0.4, -0.2) is 168 Å². The molecule has 0 aromatic carbocycles. The SMILES string of the molecule is CO[C@@H]1C[C@H](C[C@@H](C)[C@@H]2CC(=O)[C@H](C)/C=C(\C)[C@@H](O)[C@@H](OC)C(=O)[C@H](C)C[C@H](C)/C=C/C=C/C=C(\C)C(OC(C)(C)CCOC(C)(C)CCO)C[C@@H]3CC[C@@H](C)[C@@](O)(O3)C(=O)C(=O)N3CCCC[C@H]3C(=O)O2)CC[C@H]1OCCO. The zero-order chi connectivity index (χ0) is 58.8. The van der Waals surface area contributed by atoms with E-state index in [-0.39, 0.29) is 87.2 Å². The van der Waals surface area contributed by atoms with Gasteiger partial charge in [0.15, 0.2) is 5.78 Å². The molecule has 3 aliphatic heterocycles. The number of cyclic esters (lactones) is 1. The molecule has 3 heterocycles. The number of fused-ring (bicyclic) bond motifs is 3. The zero-order valence-corrected chi connectivity index (χ0v) is 50.1. The van der Waals surface area contributed by atoms with E-state index in [1.165, 1.54) is 12.0 Å². The molecule has 4 aliphatic rings.